The van der Waals surface area contributed by atoms with E-state index in [4.69, 9.17) is 5.26 Å². The van der Waals surface area contributed by atoms with E-state index in [0.29, 0.717) is 12.1 Å². The summed E-state index contributed by atoms with van der Waals surface area (Å²) in [7, 11) is 0. The number of carbonyl (C=O) groups excluding carboxylic acids is 2. The van der Waals surface area contributed by atoms with Gasteiger partial charge in [-0.15, -0.1) is 0 Å². The Bertz CT molecular complexity index is 981. The molecule has 0 aliphatic rings. The van der Waals surface area contributed by atoms with E-state index in [1.807, 2.05) is 44.2 Å². The van der Waals surface area contributed by atoms with Crippen LogP contribution in [0.1, 0.15) is 90.6 Å². The van der Waals surface area contributed by atoms with Gasteiger partial charge in [0.15, 0.2) is 0 Å². The first-order valence-corrected chi connectivity index (χ1v) is 11.1. The van der Waals surface area contributed by atoms with E-state index in [9.17, 15) is 14.0 Å². The van der Waals surface area contributed by atoms with Crippen molar-refractivity contribution in [3.8, 4) is 6.07 Å². The summed E-state index contributed by atoms with van der Waals surface area (Å²) in [5.41, 5.74) is 2.57. The third kappa shape index (κ3) is 7.19. The van der Waals surface area contributed by atoms with Crippen LogP contribution in [0, 0.1) is 17.1 Å². The highest BCUT2D eigenvalue weighted by Crippen LogP contribution is 2.29. The van der Waals surface area contributed by atoms with Crippen molar-refractivity contribution in [1.82, 2.24) is 10.6 Å². The number of carbonyl (C=O) groups is 2. The van der Waals surface area contributed by atoms with Gasteiger partial charge in [0.2, 0.25) is 0 Å². The molecular weight excluding hydrogens is 405 g/mol. The van der Waals surface area contributed by atoms with Gasteiger partial charge in [-0.25, -0.2) is 4.39 Å². The molecule has 32 heavy (non-hydrogen) atoms. The van der Waals surface area contributed by atoms with Gasteiger partial charge in [-0.3, -0.25) is 9.59 Å². The fraction of sp³-hybridized carbons (Fsp3) is 0.423. The number of rotatable bonds is 10. The average molecular weight is 438 g/mol. The molecule has 0 saturated carbocycles. The van der Waals surface area contributed by atoms with Gasteiger partial charge in [-0.1, -0.05) is 32.0 Å². The maximum absolute atomic E-state index is 14.5. The minimum atomic E-state index is -0.504. The topological polar surface area (TPSA) is 82.0 Å². The minimum Gasteiger partial charge on any atom is -0.351 e. The molecule has 2 rings (SSSR count). The summed E-state index contributed by atoms with van der Waals surface area (Å²) < 4.78 is 14.5. The molecule has 2 amide bonds. The van der Waals surface area contributed by atoms with Crippen molar-refractivity contribution in [3.05, 3.63) is 70.5 Å². The standard InChI is InChI=1S/C26H32FN3O2/c1-17(2)30-26(32)23-12-11-21(16-24(23)27)19(4)10-9-18(3)20-7-5-8-22(15-20)25(31)29-14-6-13-28/h5,7-8,11-12,15-19H,6,9-10,14H2,1-4H3,(H,29,31)(H,30,32). The normalized spacial score (nSPS) is 12.7. The van der Waals surface area contributed by atoms with Crippen molar-refractivity contribution in [2.24, 2.45) is 0 Å². The summed E-state index contributed by atoms with van der Waals surface area (Å²) in [6.45, 7) is 8.17. The Morgan fingerprint density at radius 1 is 0.969 bits per heavy atom. The van der Waals surface area contributed by atoms with Crippen LogP contribution in [0.2, 0.25) is 0 Å². The van der Waals surface area contributed by atoms with Crippen molar-refractivity contribution in [3.63, 3.8) is 0 Å². The predicted octanol–water partition coefficient (Wildman–Crippen LogP) is 5.29. The van der Waals surface area contributed by atoms with Crippen molar-refractivity contribution >= 4 is 11.8 Å². The van der Waals surface area contributed by atoms with Crippen LogP contribution in [0.25, 0.3) is 0 Å². The summed E-state index contributed by atoms with van der Waals surface area (Å²) in [5.74, 6) is -0.728. The van der Waals surface area contributed by atoms with Gasteiger partial charge in [0.1, 0.15) is 5.82 Å². The molecule has 5 nitrogen and oxygen atoms in total. The molecule has 0 aromatic heterocycles. The lowest BCUT2D eigenvalue weighted by molar-refractivity contribution is 0.0935. The van der Waals surface area contributed by atoms with Crippen molar-refractivity contribution in [2.75, 3.05) is 6.54 Å². The van der Waals surface area contributed by atoms with Gasteiger partial charge in [0.25, 0.3) is 11.8 Å². The number of amides is 2. The lowest BCUT2D eigenvalue weighted by Crippen LogP contribution is -2.30. The van der Waals surface area contributed by atoms with Crippen LogP contribution in [0.4, 0.5) is 4.39 Å². The van der Waals surface area contributed by atoms with E-state index in [1.165, 1.54) is 6.07 Å². The molecule has 2 aromatic carbocycles. The molecule has 6 heteroatoms. The Morgan fingerprint density at radius 3 is 2.22 bits per heavy atom. The summed E-state index contributed by atoms with van der Waals surface area (Å²) in [6, 6.07) is 14.3. The molecule has 0 radical (unpaired) electrons. The third-order valence-corrected chi connectivity index (χ3v) is 5.50. The summed E-state index contributed by atoms with van der Waals surface area (Å²) >= 11 is 0. The number of benzene rings is 2. The van der Waals surface area contributed by atoms with Gasteiger partial charge >= 0.3 is 0 Å². The summed E-state index contributed by atoms with van der Waals surface area (Å²) in [5, 5.41) is 14.0. The zero-order valence-corrected chi connectivity index (χ0v) is 19.2. The second-order valence-electron chi connectivity index (χ2n) is 8.54. The Morgan fingerprint density at radius 2 is 1.62 bits per heavy atom. The van der Waals surface area contributed by atoms with E-state index in [1.54, 1.807) is 12.1 Å². The number of nitriles is 1. The van der Waals surface area contributed by atoms with E-state index in [-0.39, 0.29) is 35.8 Å². The highest BCUT2D eigenvalue weighted by Gasteiger charge is 2.16. The average Bonchev–Trinajstić information content (AvgIpc) is 2.76. The van der Waals surface area contributed by atoms with Crippen LogP contribution < -0.4 is 10.6 Å². The van der Waals surface area contributed by atoms with Crippen LogP contribution in [-0.4, -0.2) is 24.4 Å². The molecule has 0 aliphatic heterocycles. The maximum atomic E-state index is 14.5. The lowest BCUT2D eigenvalue weighted by Gasteiger charge is -2.18. The number of halogens is 1. The molecule has 0 aliphatic carbocycles. The highest BCUT2D eigenvalue weighted by atomic mass is 19.1. The molecule has 170 valence electrons. The minimum absolute atomic E-state index is 0.0517. The van der Waals surface area contributed by atoms with Crippen molar-refractivity contribution < 1.29 is 14.0 Å². The molecule has 0 fully saturated rings. The molecular formula is C26H32FN3O2. The second-order valence-corrected chi connectivity index (χ2v) is 8.54. The van der Waals surface area contributed by atoms with Crippen LogP contribution in [0.5, 0.6) is 0 Å². The molecule has 0 bridgehead atoms. The van der Waals surface area contributed by atoms with E-state index in [0.717, 1.165) is 24.0 Å². The quantitative estimate of drug-likeness (QED) is 0.495. The number of nitrogens with zero attached hydrogens (tertiary/aromatic N) is 1. The first-order chi connectivity index (χ1) is 15.2. The SMILES string of the molecule is CC(C)NC(=O)c1ccc(C(C)CCC(C)c2cccc(C(=O)NCCC#N)c2)cc1F. The van der Waals surface area contributed by atoms with Crippen molar-refractivity contribution in [1.29, 1.82) is 5.26 Å². The monoisotopic (exact) mass is 437 g/mol. The maximum Gasteiger partial charge on any atom is 0.254 e. The fourth-order valence-electron chi connectivity index (χ4n) is 3.52. The Labute approximate surface area is 190 Å². The predicted molar refractivity (Wildman–Crippen MR) is 124 cm³/mol. The van der Waals surface area contributed by atoms with Crippen LogP contribution in [0.3, 0.4) is 0 Å². The second kappa shape index (κ2) is 12.0. The molecule has 0 heterocycles. The van der Waals surface area contributed by atoms with Gasteiger partial charge in [0, 0.05) is 18.2 Å². The highest BCUT2D eigenvalue weighted by molar-refractivity contribution is 5.95. The first kappa shape index (κ1) is 25.1. The van der Waals surface area contributed by atoms with Gasteiger partial charge < -0.3 is 10.6 Å². The smallest absolute Gasteiger partial charge is 0.254 e. The van der Waals surface area contributed by atoms with E-state index in [2.05, 4.69) is 24.5 Å². The van der Waals surface area contributed by atoms with Crippen LogP contribution in [0.15, 0.2) is 42.5 Å². The molecule has 0 saturated heterocycles. The summed E-state index contributed by atoms with van der Waals surface area (Å²) in [6.07, 6.45) is 2.00. The molecule has 2 N–H and O–H groups in total. The zero-order chi connectivity index (χ0) is 23.7. The molecule has 2 aromatic rings. The van der Waals surface area contributed by atoms with Gasteiger partial charge in [-0.05, 0) is 73.9 Å². The Kier molecular flexibility index (Phi) is 9.39. The van der Waals surface area contributed by atoms with Gasteiger partial charge in [-0.2, -0.15) is 5.26 Å². The number of hydrogen-bond acceptors (Lipinski definition) is 3. The number of nitrogens with one attached hydrogen (secondary N) is 2. The Hall–Kier alpha value is -3.20. The van der Waals surface area contributed by atoms with E-state index >= 15 is 0 Å². The fourth-order valence-corrected chi connectivity index (χ4v) is 3.52. The summed E-state index contributed by atoms with van der Waals surface area (Å²) in [4.78, 5) is 24.3. The van der Waals surface area contributed by atoms with E-state index < -0.39 is 11.7 Å². The Balaban J connectivity index is 1.98. The zero-order valence-electron chi connectivity index (χ0n) is 19.2. The first-order valence-electron chi connectivity index (χ1n) is 11.1. The molecule has 2 unspecified atom stereocenters. The van der Waals surface area contributed by atoms with Crippen LogP contribution >= 0.6 is 0 Å². The van der Waals surface area contributed by atoms with Gasteiger partial charge in [0.05, 0.1) is 18.1 Å². The number of hydrogen-bond donors (Lipinski definition) is 2. The molecule has 0 spiro atoms. The largest absolute Gasteiger partial charge is 0.351 e. The third-order valence-electron chi connectivity index (χ3n) is 5.50. The molecule has 2 atom stereocenters. The lowest BCUT2D eigenvalue weighted by atomic mass is 9.88. The van der Waals surface area contributed by atoms with Crippen molar-refractivity contribution in [2.45, 2.75) is 64.8 Å². The van der Waals surface area contributed by atoms with Crippen LogP contribution in [-0.2, 0) is 0 Å².